The number of carbonyl (C=O) groups excluding carboxylic acids is 2. The Morgan fingerprint density at radius 3 is 2.55 bits per heavy atom. The molecule has 0 unspecified atom stereocenters. The Morgan fingerprint density at radius 2 is 1.90 bits per heavy atom. The van der Waals surface area contributed by atoms with Crippen molar-refractivity contribution in [2.45, 2.75) is 45.8 Å². The van der Waals surface area contributed by atoms with Crippen LogP contribution in [-0.2, 0) is 20.9 Å². The largest absolute Gasteiger partial charge is 0.508 e. The number of nitrogens with zero attached hydrogens (tertiary/aromatic N) is 1. The zero-order valence-electron chi connectivity index (χ0n) is 16.8. The van der Waals surface area contributed by atoms with Gasteiger partial charge in [-0.2, -0.15) is 0 Å². The molecule has 29 heavy (non-hydrogen) atoms. The number of hydrogen-bond donors (Lipinski definition) is 1. The fourth-order valence-corrected chi connectivity index (χ4v) is 3.23. The number of phenolic OH excluding ortho intramolecular Hbond substituents is 1. The van der Waals surface area contributed by atoms with Gasteiger partial charge in [-0.15, -0.1) is 0 Å². The molecule has 1 amide bonds. The van der Waals surface area contributed by atoms with Crippen molar-refractivity contribution in [2.24, 2.45) is 5.92 Å². The number of amides is 1. The first-order chi connectivity index (χ1) is 13.6. The highest BCUT2D eigenvalue weighted by Crippen LogP contribution is 2.24. The van der Waals surface area contributed by atoms with Crippen LogP contribution in [0.1, 0.15) is 39.2 Å². The number of hydrogen-bond acceptors (Lipinski definition) is 7. The maximum Gasteiger partial charge on any atom is 0.410 e. The molecule has 156 valence electrons. The van der Waals surface area contributed by atoms with Gasteiger partial charge in [0.2, 0.25) is 0 Å². The minimum Gasteiger partial charge on any atom is -0.508 e. The summed E-state index contributed by atoms with van der Waals surface area (Å²) >= 11 is 0. The lowest BCUT2D eigenvalue weighted by molar-refractivity contribution is -0.151. The van der Waals surface area contributed by atoms with Gasteiger partial charge in [0.05, 0.1) is 5.92 Å². The van der Waals surface area contributed by atoms with E-state index in [4.69, 9.17) is 13.9 Å². The molecule has 0 radical (unpaired) electrons. The van der Waals surface area contributed by atoms with Gasteiger partial charge in [-0.05, 0) is 45.7 Å². The third-order valence-electron chi connectivity index (χ3n) is 4.66. The van der Waals surface area contributed by atoms with Crippen molar-refractivity contribution in [1.82, 2.24) is 4.90 Å². The Labute approximate surface area is 168 Å². The summed E-state index contributed by atoms with van der Waals surface area (Å²) in [6.45, 7) is 6.20. The predicted octanol–water partition coefficient (Wildman–Crippen LogP) is 3.19. The maximum atomic E-state index is 12.5. The van der Waals surface area contributed by atoms with Crippen LogP contribution in [0.5, 0.6) is 5.75 Å². The van der Waals surface area contributed by atoms with Crippen LogP contribution < -0.4 is 5.63 Å². The van der Waals surface area contributed by atoms with E-state index in [2.05, 4.69) is 0 Å². The second-order valence-corrected chi connectivity index (χ2v) is 8.12. The number of rotatable bonds is 3. The molecule has 1 N–H and O–H groups in total. The van der Waals surface area contributed by atoms with Crippen LogP contribution in [0, 0.1) is 5.92 Å². The average molecular weight is 403 g/mol. The van der Waals surface area contributed by atoms with E-state index in [1.54, 1.807) is 11.0 Å². The molecule has 0 spiro atoms. The lowest BCUT2D eigenvalue weighted by Crippen LogP contribution is -2.43. The number of benzene rings is 1. The monoisotopic (exact) mass is 403 g/mol. The van der Waals surface area contributed by atoms with E-state index in [1.165, 1.54) is 18.2 Å². The average Bonchev–Trinajstić information content (AvgIpc) is 2.64. The number of likely N-dealkylation sites (tertiary alicyclic amines) is 1. The van der Waals surface area contributed by atoms with Crippen LogP contribution in [0.2, 0.25) is 0 Å². The van der Waals surface area contributed by atoms with Gasteiger partial charge in [-0.3, -0.25) is 4.79 Å². The van der Waals surface area contributed by atoms with Crippen molar-refractivity contribution in [3.8, 4) is 5.75 Å². The third kappa shape index (κ3) is 5.28. The van der Waals surface area contributed by atoms with Gasteiger partial charge in [-0.25, -0.2) is 9.59 Å². The molecule has 1 aliphatic heterocycles. The summed E-state index contributed by atoms with van der Waals surface area (Å²) in [6, 6.07) is 5.70. The lowest BCUT2D eigenvalue weighted by Gasteiger charge is -2.32. The highest BCUT2D eigenvalue weighted by Gasteiger charge is 2.30. The molecule has 8 nitrogen and oxygen atoms in total. The molecule has 0 aliphatic carbocycles. The number of esters is 1. The second kappa shape index (κ2) is 8.14. The normalized spacial score (nSPS) is 15.3. The molecule has 1 aliphatic rings. The number of aromatic hydroxyl groups is 1. The van der Waals surface area contributed by atoms with Gasteiger partial charge in [0.15, 0.2) is 0 Å². The lowest BCUT2D eigenvalue weighted by atomic mass is 9.97. The van der Waals surface area contributed by atoms with Crippen LogP contribution in [0.4, 0.5) is 4.79 Å². The first kappa shape index (κ1) is 20.7. The first-order valence-corrected chi connectivity index (χ1v) is 9.53. The molecule has 8 heteroatoms. The van der Waals surface area contributed by atoms with E-state index in [9.17, 15) is 19.5 Å². The number of ether oxygens (including phenoxy) is 2. The molecule has 1 aromatic carbocycles. The zero-order chi connectivity index (χ0) is 21.2. The van der Waals surface area contributed by atoms with E-state index in [0.29, 0.717) is 36.9 Å². The molecule has 0 bridgehead atoms. The fourth-order valence-electron chi connectivity index (χ4n) is 3.23. The third-order valence-corrected chi connectivity index (χ3v) is 4.66. The summed E-state index contributed by atoms with van der Waals surface area (Å²) in [5.41, 5.74) is -0.403. The Kier molecular flexibility index (Phi) is 5.81. The number of piperidine rings is 1. The van der Waals surface area contributed by atoms with Crippen LogP contribution in [0.15, 0.2) is 33.5 Å². The van der Waals surface area contributed by atoms with Crippen LogP contribution in [-0.4, -0.2) is 40.8 Å². The van der Waals surface area contributed by atoms with Crippen molar-refractivity contribution >= 4 is 23.0 Å². The quantitative estimate of drug-likeness (QED) is 0.619. The summed E-state index contributed by atoms with van der Waals surface area (Å²) in [5, 5.41) is 10.1. The number of carbonyl (C=O) groups is 2. The topological polar surface area (TPSA) is 106 Å². The van der Waals surface area contributed by atoms with E-state index < -0.39 is 11.2 Å². The molecule has 2 aromatic rings. The molecule has 1 fully saturated rings. The van der Waals surface area contributed by atoms with Crippen molar-refractivity contribution < 1.29 is 28.6 Å². The van der Waals surface area contributed by atoms with E-state index in [1.807, 2.05) is 20.8 Å². The summed E-state index contributed by atoms with van der Waals surface area (Å²) in [6.07, 6.45) is 0.600. The Hall–Kier alpha value is -3.03. The Bertz CT molecular complexity index is 965. The van der Waals surface area contributed by atoms with Crippen LogP contribution in [0.3, 0.4) is 0 Å². The number of phenols is 1. The van der Waals surface area contributed by atoms with Crippen molar-refractivity contribution in [1.29, 1.82) is 0 Å². The molecule has 0 atom stereocenters. The standard InChI is InChI=1S/C21H25NO7/c1-21(2,3)29-20(26)22-8-6-13(7-9-22)19(25)27-12-14-10-18(24)28-17-11-15(23)4-5-16(14)17/h4-5,10-11,13,23H,6-9,12H2,1-3H3. The molecular formula is C21H25NO7. The van der Waals surface area contributed by atoms with Crippen LogP contribution in [0.25, 0.3) is 11.0 Å². The van der Waals surface area contributed by atoms with Gasteiger partial charge >= 0.3 is 17.7 Å². The molecular weight excluding hydrogens is 378 g/mol. The minimum atomic E-state index is -0.584. The summed E-state index contributed by atoms with van der Waals surface area (Å²) in [7, 11) is 0. The highest BCUT2D eigenvalue weighted by molar-refractivity contribution is 5.82. The molecule has 2 heterocycles. The summed E-state index contributed by atoms with van der Waals surface area (Å²) in [5.74, 6) is -0.704. The minimum absolute atomic E-state index is 0.0217. The second-order valence-electron chi connectivity index (χ2n) is 8.12. The van der Waals surface area contributed by atoms with Crippen molar-refractivity contribution in [2.75, 3.05) is 13.1 Å². The van der Waals surface area contributed by atoms with E-state index in [-0.39, 0.29) is 35.9 Å². The van der Waals surface area contributed by atoms with Gasteiger partial charge < -0.3 is 23.9 Å². The Balaban J connectivity index is 1.58. The first-order valence-electron chi connectivity index (χ1n) is 9.53. The Morgan fingerprint density at radius 1 is 1.21 bits per heavy atom. The highest BCUT2D eigenvalue weighted by atomic mass is 16.6. The smallest absolute Gasteiger partial charge is 0.410 e. The van der Waals surface area contributed by atoms with Gasteiger partial charge in [0.25, 0.3) is 0 Å². The fraction of sp³-hybridized carbons (Fsp3) is 0.476. The number of fused-ring (bicyclic) bond motifs is 1. The SMILES string of the molecule is CC(C)(C)OC(=O)N1CCC(C(=O)OCc2cc(=O)oc3cc(O)ccc23)CC1. The summed E-state index contributed by atoms with van der Waals surface area (Å²) < 4.78 is 15.8. The molecule has 1 aromatic heterocycles. The maximum absolute atomic E-state index is 12.5. The van der Waals surface area contributed by atoms with Crippen molar-refractivity contribution in [3.05, 3.63) is 40.2 Å². The molecule has 0 saturated carbocycles. The van der Waals surface area contributed by atoms with Crippen LogP contribution >= 0.6 is 0 Å². The van der Waals surface area contributed by atoms with E-state index >= 15 is 0 Å². The zero-order valence-corrected chi connectivity index (χ0v) is 16.8. The molecule has 3 rings (SSSR count). The van der Waals surface area contributed by atoms with Gasteiger partial charge in [-0.1, -0.05) is 0 Å². The van der Waals surface area contributed by atoms with Gasteiger partial charge in [0, 0.05) is 36.2 Å². The van der Waals surface area contributed by atoms with E-state index in [0.717, 1.165) is 0 Å². The summed E-state index contributed by atoms with van der Waals surface area (Å²) in [4.78, 5) is 37.9. The predicted molar refractivity (Wildman–Crippen MR) is 104 cm³/mol. The molecule has 1 saturated heterocycles. The van der Waals surface area contributed by atoms with Gasteiger partial charge in [0.1, 0.15) is 23.5 Å². The van der Waals surface area contributed by atoms with Crippen molar-refractivity contribution in [3.63, 3.8) is 0 Å².